The monoisotopic (exact) mass is 273 g/mol. The SMILES string of the molecule is CCC(=O)c1cccc2c1C(NC(C)(C)C)C(C)C2=O. The molecule has 0 spiro atoms. The molecule has 0 radical (unpaired) electrons. The van der Waals surface area contributed by atoms with Crippen molar-refractivity contribution in [2.24, 2.45) is 5.92 Å². The van der Waals surface area contributed by atoms with Crippen molar-refractivity contribution in [1.29, 1.82) is 0 Å². The van der Waals surface area contributed by atoms with Crippen LogP contribution in [0.3, 0.4) is 0 Å². The standard InChI is InChI=1S/C17H23NO2/c1-6-13(19)11-8-7-9-12-14(11)15(10(2)16(12)20)18-17(3,4)5/h7-10,15,18H,6H2,1-5H3. The summed E-state index contributed by atoms with van der Waals surface area (Å²) >= 11 is 0. The van der Waals surface area contributed by atoms with E-state index < -0.39 is 0 Å². The van der Waals surface area contributed by atoms with Crippen LogP contribution >= 0.6 is 0 Å². The molecule has 0 bridgehead atoms. The lowest BCUT2D eigenvalue weighted by molar-refractivity contribution is 0.0918. The molecule has 0 saturated carbocycles. The van der Waals surface area contributed by atoms with Gasteiger partial charge >= 0.3 is 0 Å². The summed E-state index contributed by atoms with van der Waals surface area (Å²) in [6, 6.07) is 5.41. The van der Waals surface area contributed by atoms with Gasteiger partial charge in [-0.3, -0.25) is 9.59 Å². The summed E-state index contributed by atoms with van der Waals surface area (Å²) in [5.74, 6) is 0.104. The van der Waals surface area contributed by atoms with Crippen LogP contribution < -0.4 is 5.32 Å². The molecule has 20 heavy (non-hydrogen) atoms. The first-order valence-electron chi connectivity index (χ1n) is 7.24. The number of ketones is 2. The van der Waals surface area contributed by atoms with Crippen LogP contribution in [0.25, 0.3) is 0 Å². The maximum absolute atomic E-state index is 12.4. The molecule has 0 saturated heterocycles. The third kappa shape index (κ3) is 2.55. The van der Waals surface area contributed by atoms with Crippen LogP contribution in [0.1, 0.15) is 73.4 Å². The molecule has 0 amide bonds. The first-order valence-corrected chi connectivity index (χ1v) is 7.24. The van der Waals surface area contributed by atoms with Gasteiger partial charge in [0.05, 0.1) is 0 Å². The number of nitrogens with one attached hydrogen (secondary N) is 1. The Bertz CT molecular complexity index is 555. The van der Waals surface area contributed by atoms with Gasteiger partial charge in [-0.05, 0) is 26.3 Å². The Morgan fingerprint density at radius 1 is 1.30 bits per heavy atom. The fourth-order valence-corrected chi connectivity index (χ4v) is 2.86. The van der Waals surface area contributed by atoms with Gasteiger partial charge in [0.2, 0.25) is 0 Å². The molecule has 2 unspecified atom stereocenters. The van der Waals surface area contributed by atoms with E-state index in [1.165, 1.54) is 0 Å². The van der Waals surface area contributed by atoms with E-state index in [4.69, 9.17) is 0 Å². The third-order valence-corrected chi connectivity index (χ3v) is 3.81. The summed E-state index contributed by atoms with van der Waals surface area (Å²) in [5.41, 5.74) is 2.19. The molecule has 0 fully saturated rings. The molecule has 1 aromatic rings. The van der Waals surface area contributed by atoms with Crippen LogP contribution in [0.5, 0.6) is 0 Å². The smallest absolute Gasteiger partial charge is 0.167 e. The molecule has 0 aliphatic heterocycles. The quantitative estimate of drug-likeness (QED) is 0.857. The van der Waals surface area contributed by atoms with Crippen LogP contribution in [-0.4, -0.2) is 17.1 Å². The van der Waals surface area contributed by atoms with Gasteiger partial charge in [0, 0.05) is 35.0 Å². The molecule has 0 aromatic heterocycles. The molecule has 0 heterocycles. The van der Waals surface area contributed by atoms with E-state index in [1.807, 2.05) is 32.0 Å². The molecule has 1 aliphatic carbocycles. The van der Waals surface area contributed by atoms with Crippen LogP contribution in [-0.2, 0) is 0 Å². The Kier molecular flexibility index (Phi) is 3.83. The minimum Gasteiger partial charge on any atom is -0.305 e. The van der Waals surface area contributed by atoms with Gasteiger partial charge in [-0.25, -0.2) is 0 Å². The average Bonchev–Trinajstić information content (AvgIpc) is 2.61. The summed E-state index contributed by atoms with van der Waals surface area (Å²) in [7, 11) is 0. The Labute approximate surface area is 120 Å². The van der Waals surface area contributed by atoms with Crippen molar-refractivity contribution < 1.29 is 9.59 Å². The maximum Gasteiger partial charge on any atom is 0.167 e. The van der Waals surface area contributed by atoms with Crippen LogP contribution in [0.15, 0.2) is 18.2 Å². The summed E-state index contributed by atoms with van der Waals surface area (Å²) in [5, 5.41) is 3.50. The fraction of sp³-hybridized carbons (Fsp3) is 0.529. The van der Waals surface area contributed by atoms with Gasteiger partial charge in [0.25, 0.3) is 0 Å². The first-order chi connectivity index (χ1) is 9.26. The van der Waals surface area contributed by atoms with Gasteiger partial charge in [-0.2, -0.15) is 0 Å². The average molecular weight is 273 g/mol. The highest BCUT2D eigenvalue weighted by molar-refractivity contribution is 6.07. The summed E-state index contributed by atoms with van der Waals surface area (Å²) in [6.07, 6.45) is 0.460. The Hall–Kier alpha value is -1.48. The van der Waals surface area contributed by atoms with Gasteiger partial charge in [-0.15, -0.1) is 0 Å². The van der Waals surface area contributed by atoms with Crippen molar-refractivity contribution in [3.05, 3.63) is 34.9 Å². The number of carbonyl (C=O) groups is 2. The largest absolute Gasteiger partial charge is 0.305 e. The highest BCUT2D eigenvalue weighted by Gasteiger charge is 2.40. The Balaban J connectivity index is 2.56. The van der Waals surface area contributed by atoms with Crippen molar-refractivity contribution in [1.82, 2.24) is 5.32 Å². The zero-order valence-corrected chi connectivity index (χ0v) is 12.9. The van der Waals surface area contributed by atoms with E-state index in [1.54, 1.807) is 0 Å². The lowest BCUT2D eigenvalue weighted by Gasteiger charge is -2.29. The third-order valence-electron chi connectivity index (χ3n) is 3.81. The lowest BCUT2D eigenvalue weighted by Crippen LogP contribution is -2.41. The van der Waals surface area contributed by atoms with Crippen LogP contribution in [0, 0.1) is 5.92 Å². The number of fused-ring (bicyclic) bond motifs is 1. The predicted molar refractivity (Wildman–Crippen MR) is 80.2 cm³/mol. The molecule has 2 atom stereocenters. The molecule has 2 rings (SSSR count). The molecule has 1 aromatic carbocycles. The van der Waals surface area contributed by atoms with Gasteiger partial charge in [-0.1, -0.05) is 32.0 Å². The second-order valence-electron chi connectivity index (χ2n) is 6.57. The van der Waals surface area contributed by atoms with Crippen molar-refractivity contribution in [2.75, 3.05) is 0 Å². The summed E-state index contributed by atoms with van der Waals surface area (Å²) in [4.78, 5) is 24.6. The Morgan fingerprint density at radius 3 is 2.50 bits per heavy atom. The van der Waals surface area contributed by atoms with Gasteiger partial charge < -0.3 is 5.32 Å². The number of rotatable bonds is 3. The van der Waals surface area contributed by atoms with E-state index >= 15 is 0 Å². The number of hydrogen-bond acceptors (Lipinski definition) is 3. The number of carbonyl (C=O) groups excluding carboxylic acids is 2. The fourth-order valence-electron chi connectivity index (χ4n) is 2.86. The highest BCUT2D eigenvalue weighted by Crippen LogP contribution is 2.39. The van der Waals surface area contributed by atoms with E-state index in [-0.39, 0.29) is 29.1 Å². The van der Waals surface area contributed by atoms with Crippen molar-refractivity contribution in [3.63, 3.8) is 0 Å². The van der Waals surface area contributed by atoms with E-state index in [2.05, 4.69) is 26.1 Å². The summed E-state index contributed by atoms with van der Waals surface area (Å²) in [6.45, 7) is 10.0. The molecule has 1 aliphatic rings. The van der Waals surface area contributed by atoms with Gasteiger partial charge in [0.15, 0.2) is 11.6 Å². The number of Topliss-reactive ketones (excluding diaryl/α,β-unsaturated/α-hetero) is 2. The zero-order valence-electron chi connectivity index (χ0n) is 12.9. The first kappa shape index (κ1) is 14.9. The molecular weight excluding hydrogens is 250 g/mol. The Morgan fingerprint density at radius 2 is 1.95 bits per heavy atom. The van der Waals surface area contributed by atoms with Crippen LogP contribution in [0.4, 0.5) is 0 Å². The molecule has 1 N–H and O–H groups in total. The van der Waals surface area contributed by atoms with Crippen molar-refractivity contribution >= 4 is 11.6 Å². The number of benzene rings is 1. The van der Waals surface area contributed by atoms with E-state index in [9.17, 15) is 9.59 Å². The topological polar surface area (TPSA) is 46.2 Å². The minimum absolute atomic E-state index is 0.0794. The van der Waals surface area contributed by atoms with E-state index in [0.717, 1.165) is 5.56 Å². The van der Waals surface area contributed by atoms with Crippen molar-refractivity contribution in [2.45, 2.75) is 52.6 Å². The minimum atomic E-state index is -0.130. The molecule has 108 valence electrons. The second kappa shape index (κ2) is 5.13. The normalized spacial score (nSPS) is 21.9. The second-order valence-corrected chi connectivity index (χ2v) is 6.57. The summed E-state index contributed by atoms with van der Waals surface area (Å²) < 4.78 is 0. The van der Waals surface area contributed by atoms with E-state index in [0.29, 0.717) is 17.5 Å². The molecular formula is C17H23NO2. The van der Waals surface area contributed by atoms with Gasteiger partial charge in [0.1, 0.15) is 0 Å². The molecule has 3 heteroatoms. The van der Waals surface area contributed by atoms with Crippen LogP contribution in [0.2, 0.25) is 0 Å². The molecule has 3 nitrogen and oxygen atoms in total. The number of hydrogen-bond donors (Lipinski definition) is 1. The predicted octanol–water partition coefficient (Wildman–Crippen LogP) is 3.54. The maximum atomic E-state index is 12.4. The highest BCUT2D eigenvalue weighted by atomic mass is 16.1. The van der Waals surface area contributed by atoms with Crippen molar-refractivity contribution in [3.8, 4) is 0 Å². The zero-order chi connectivity index (χ0) is 15.1. The lowest BCUT2D eigenvalue weighted by atomic mass is 9.93.